The Morgan fingerprint density at radius 1 is 1.14 bits per heavy atom. The minimum atomic E-state index is 0.399. The van der Waals surface area contributed by atoms with Crippen LogP contribution < -0.4 is 4.74 Å². The number of aromatic nitrogens is 1. The summed E-state index contributed by atoms with van der Waals surface area (Å²) in [5.41, 5.74) is 3.56. The van der Waals surface area contributed by atoms with Crippen molar-refractivity contribution in [1.29, 1.82) is 0 Å². The second-order valence-corrected chi connectivity index (χ2v) is 6.36. The highest BCUT2D eigenvalue weighted by Crippen LogP contribution is 2.28. The largest absolute Gasteiger partial charge is 0.489 e. The Morgan fingerprint density at radius 3 is 2.68 bits per heavy atom. The van der Waals surface area contributed by atoms with Crippen LogP contribution in [0.15, 0.2) is 48.7 Å². The van der Waals surface area contributed by atoms with Crippen LogP contribution in [0.5, 0.6) is 5.75 Å². The maximum absolute atomic E-state index is 6.17. The van der Waals surface area contributed by atoms with Gasteiger partial charge in [-0.05, 0) is 56.7 Å². The molecule has 3 aromatic rings. The molecule has 114 valence electrons. The molecule has 0 radical (unpaired) electrons. The van der Waals surface area contributed by atoms with E-state index in [-0.39, 0.29) is 0 Å². The quantitative estimate of drug-likeness (QED) is 0.597. The molecule has 0 fully saturated rings. The van der Waals surface area contributed by atoms with Crippen LogP contribution in [0.3, 0.4) is 0 Å². The van der Waals surface area contributed by atoms with E-state index in [1.807, 2.05) is 24.3 Å². The summed E-state index contributed by atoms with van der Waals surface area (Å²) in [4.78, 5) is 0. The van der Waals surface area contributed by atoms with E-state index in [4.69, 9.17) is 16.3 Å². The van der Waals surface area contributed by atoms with Crippen LogP contribution in [0.1, 0.15) is 31.0 Å². The zero-order chi connectivity index (χ0) is 15.7. The summed E-state index contributed by atoms with van der Waals surface area (Å²) in [6.45, 7) is 6.97. The number of fused-ring (bicyclic) bond motifs is 1. The van der Waals surface area contributed by atoms with Crippen molar-refractivity contribution in [1.82, 2.24) is 4.57 Å². The second-order valence-electron chi connectivity index (χ2n) is 5.92. The Hall–Kier alpha value is -1.93. The number of hydrogen-bond acceptors (Lipinski definition) is 1. The summed E-state index contributed by atoms with van der Waals surface area (Å²) in [6.07, 6.45) is 2.17. The lowest BCUT2D eigenvalue weighted by Gasteiger charge is -2.08. The normalized spacial score (nSPS) is 11.3. The molecule has 2 nitrogen and oxygen atoms in total. The monoisotopic (exact) mass is 313 g/mol. The van der Waals surface area contributed by atoms with E-state index < -0.39 is 0 Å². The Labute approximate surface area is 136 Å². The van der Waals surface area contributed by atoms with Crippen molar-refractivity contribution < 1.29 is 4.74 Å². The lowest BCUT2D eigenvalue weighted by molar-refractivity contribution is 0.307. The first-order chi connectivity index (χ1) is 10.5. The van der Waals surface area contributed by atoms with Gasteiger partial charge in [0.05, 0.1) is 0 Å². The van der Waals surface area contributed by atoms with Crippen molar-refractivity contribution in [2.45, 2.75) is 33.4 Å². The van der Waals surface area contributed by atoms with Crippen LogP contribution in [-0.2, 0) is 6.61 Å². The minimum absolute atomic E-state index is 0.399. The molecule has 1 heterocycles. The summed E-state index contributed by atoms with van der Waals surface area (Å²) in [5, 5.41) is 1.92. The van der Waals surface area contributed by atoms with Gasteiger partial charge in [0.1, 0.15) is 12.4 Å². The Kier molecular flexibility index (Phi) is 4.12. The number of benzene rings is 2. The molecule has 22 heavy (non-hydrogen) atoms. The molecule has 0 aliphatic heterocycles. The third-order valence-corrected chi connectivity index (χ3v) is 4.05. The summed E-state index contributed by atoms with van der Waals surface area (Å²) >= 11 is 6.17. The predicted molar refractivity (Wildman–Crippen MR) is 92.8 cm³/mol. The van der Waals surface area contributed by atoms with Gasteiger partial charge in [-0.15, -0.1) is 0 Å². The highest BCUT2D eigenvalue weighted by Gasteiger charge is 2.11. The van der Waals surface area contributed by atoms with Gasteiger partial charge < -0.3 is 9.30 Å². The third-order valence-electron chi connectivity index (χ3n) is 3.82. The van der Waals surface area contributed by atoms with Gasteiger partial charge in [0, 0.05) is 33.7 Å². The van der Waals surface area contributed by atoms with Crippen LogP contribution >= 0.6 is 11.6 Å². The molecule has 0 saturated carbocycles. The molecular formula is C19H20ClNO. The number of nitrogens with zero attached hydrogens (tertiary/aromatic N) is 1. The molecule has 0 atom stereocenters. The lowest BCUT2D eigenvalue weighted by atomic mass is 10.2. The first-order valence-corrected chi connectivity index (χ1v) is 7.91. The average Bonchev–Trinajstić information content (AvgIpc) is 2.83. The number of ether oxygens (including phenoxy) is 1. The summed E-state index contributed by atoms with van der Waals surface area (Å²) in [7, 11) is 0. The van der Waals surface area contributed by atoms with E-state index in [1.54, 1.807) is 0 Å². The molecule has 0 amide bonds. The van der Waals surface area contributed by atoms with Gasteiger partial charge in [-0.1, -0.05) is 23.7 Å². The molecule has 0 aliphatic rings. The first kappa shape index (κ1) is 15.0. The van der Waals surface area contributed by atoms with E-state index in [1.165, 1.54) is 11.1 Å². The standard InChI is InChI=1S/C19H20ClNO/c1-13(2)21-11-15(18-10-16(20)7-8-19(18)21)12-22-17-6-4-5-14(3)9-17/h4-11,13H,12H2,1-3H3. The molecule has 3 heteroatoms. The molecule has 0 spiro atoms. The lowest BCUT2D eigenvalue weighted by Crippen LogP contribution is -1.98. The van der Waals surface area contributed by atoms with Crippen molar-refractivity contribution in [2.24, 2.45) is 0 Å². The fourth-order valence-electron chi connectivity index (χ4n) is 2.71. The Morgan fingerprint density at radius 2 is 1.95 bits per heavy atom. The maximum Gasteiger partial charge on any atom is 0.120 e. The molecule has 3 rings (SSSR count). The third kappa shape index (κ3) is 2.97. The highest BCUT2D eigenvalue weighted by atomic mass is 35.5. The zero-order valence-electron chi connectivity index (χ0n) is 13.1. The topological polar surface area (TPSA) is 14.2 Å². The van der Waals surface area contributed by atoms with Gasteiger partial charge in [-0.25, -0.2) is 0 Å². The van der Waals surface area contributed by atoms with E-state index >= 15 is 0 Å². The van der Waals surface area contributed by atoms with Crippen LogP contribution in [0.2, 0.25) is 5.02 Å². The van der Waals surface area contributed by atoms with Gasteiger partial charge in [0.15, 0.2) is 0 Å². The zero-order valence-corrected chi connectivity index (χ0v) is 13.9. The van der Waals surface area contributed by atoms with E-state index in [2.05, 4.69) is 49.7 Å². The van der Waals surface area contributed by atoms with Crippen LogP contribution in [-0.4, -0.2) is 4.57 Å². The molecule has 0 bridgehead atoms. The minimum Gasteiger partial charge on any atom is -0.489 e. The van der Waals surface area contributed by atoms with Gasteiger partial charge >= 0.3 is 0 Å². The summed E-state index contributed by atoms with van der Waals surface area (Å²) in [5.74, 6) is 0.896. The molecule has 1 aromatic heterocycles. The summed E-state index contributed by atoms with van der Waals surface area (Å²) < 4.78 is 8.22. The Balaban J connectivity index is 1.94. The van der Waals surface area contributed by atoms with Gasteiger partial charge in [-0.2, -0.15) is 0 Å². The molecule has 0 saturated heterocycles. The van der Waals surface area contributed by atoms with E-state index in [0.717, 1.165) is 21.7 Å². The Bertz CT molecular complexity index is 804. The van der Waals surface area contributed by atoms with Gasteiger partial charge in [0.2, 0.25) is 0 Å². The van der Waals surface area contributed by atoms with Gasteiger partial charge in [-0.3, -0.25) is 0 Å². The molecule has 0 N–H and O–H groups in total. The van der Waals surface area contributed by atoms with Crippen molar-refractivity contribution in [2.75, 3.05) is 0 Å². The van der Waals surface area contributed by atoms with Crippen molar-refractivity contribution in [3.8, 4) is 5.75 Å². The molecule has 0 unspecified atom stereocenters. The van der Waals surface area contributed by atoms with Crippen LogP contribution in [0.25, 0.3) is 10.9 Å². The summed E-state index contributed by atoms with van der Waals surface area (Å²) in [6, 6.07) is 14.6. The average molecular weight is 314 g/mol. The van der Waals surface area contributed by atoms with E-state index in [0.29, 0.717) is 12.6 Å². The number of halogens is 1. The number of rotatable bonds is 4. The van der Waals surface area contributed by atoms with Crippen molar-refractivity contribution >= 4 is 22.5 Å². The molecule has 2 aromatic carbocycles. The predicted octanol–water partition coefficient (Wildman–Crippen LogP) is 5.76. The van der Waals surface area contributed by atoms with Crippen LogP contribution in [0.4, 0.5) is 0 Å². The van der Waals surface area contributed by atoms with Crippen LogP contribution in [0, 0.1) is 6.92 Å². The van der Waals surface area contributed by atoms with Crippen molar-refractivity contribution in [3.05, 3.63) is 64.8 Å². The SMILES string of the molecule is Cc1cccc(OCc2cn(C(C)C)c3ccc(Cl)cc23)c1. The fraction of sp³-hybridized carbons (Fsp3) is 0.263. The van der Waals surface area contributed by atoms with Crippen molar-refractivity contribution in [3.63, 3.8) is 0 Å². The number of hydrogen-bond donors (Lipinski definition) is 0. The fourth-order valence-corrected chi connectivity index (χ4v) is 2.88. The first-order valence-electron chi connectivity index (χ1n) is 7.53. The molecular weight excluding hydrogens is 294 g/mol. The smallest absolute Gasteiger partial charge is 0.120 e. The second kappa shape index (κ2) is 6.05. The highest BCUT2D eigenvalue weighted by molar-refractivity contribution is 6.31. The van der Waals surface area contributed by atoms with E-state index in [9.17, 15) is 0 Å². The maximum atomic E-state index is 6.17. The van der Waals surface area contributed by atoms with Gasteiger partial charge in [0.25, 0.3) is 0 Å². The number of aryl methyl sites for hydroxylation is 1. The molecule has 0 aliphatic carbocycles.